The summed E-state index contributed by atoms with van der Waals surface area (Å²) in [7, 11) is -3.72. The molecule has 0 aliphatic heterocycles. The highest BCUT2D eigenvalue weighted by Crippen LogP contribution is 2.24. The van der Waals surface area contributed by atoms with Crippen LogP contribution < -0.4 is 14.8 Å². The predicted molar refractivity (Wildman–Crippen MR) is 150 cm³/mol. The number of aliphatic hydroxyl groups is 1. The quantitative estimate of drug-likeness (QED) is 0.194. The number of hydrogen-bond acceptors (Lipinski definition) is 6. The van der Waals surface area contributed by atoms with Crippen LogP contribution in [0.15, 0.2) is 90.0 Å². The minimum absolute atomic E-state index is 0.168. The Morgan fingerprint density at radius 2 is 1.79 bits per heavy atom. The van der Waals surface area contributed by atoms with Crippen molar-refractivity contribution in [1.29, 1.82) is 0 Å². The highest BCUT2D eigenvalue weighted by molar-refractivity contribution is 7.92. The number of carbonyl (C=O) groups is 1. The number of aryl methyl sites for hydroxylation is 1. The van der Waals surface area contributed by atoms with Crippen molar-refractivity contribution in [3.63, 3.8) is 0 Å². The summed E-state index contributed by atoms with van der Waals surface area (Å²) in [5.74, 6) is -0.511. The Balaban J connectivity index is 1.33. The molecule has 4 N–H and O–H groups in total. The molecule has 1 unspecified atom stereocenters. The summed E-state index contributed by atoms with van der Waals surface area (Å²) in [5, 5.41) is 24.0. The van der Waals surface area contributed by atoms with E-state index in [0.717, 1.165) is 23.9 Å². The molecule has 0 bridgehead atoms. The molecule has 4 aromatic rings. The van der Waals surface area contributed by atoms with E-state index in [9.17, 15) is 18.3 Å². The first-order valence-electron chi connectivity index (χ1n) is 12.6. The maximum atomic E-state index is 12.6. The van der Waals surface area contributed by atoms with Gasteiger partial charge >= 0.3 is 5.97 Å². The van der Waals surface area contributed by atoms with Crippen molar-refractivity contribution in [2.75, 3.05) is 17.9 Å². The maximum Gasteiger partial charge on any atom is 0.341 e. The molecule has 0 spiro atoms. The number of nitrogens with zero attached hydrogens (tertiary/aromatic N) is 1. The Labute approximate surface area is 228 Å². The molecule has 0 saturated carbocycles. The number of fused-ring (bicyclic) bond motifs is 1. The second-order valence-corrected chi connectivity index (χ2v) is 11.7. The van der Waals surface area contributed by atoms with Crippen LogP contribution >= 0.6 is 0 Å². The molecule has 10 heteroatoms. The maximum absolute atomic E-state index is 12.6. The van der Waals surface area contributed by atoms with Crippen LogP contribution in [-0.2, 0) is 21.4 Å². The van der Waals surface area contributed by atoms with Gasteiger partial charge < -0.3 is 24.8 Å². The third-order valence-electron chi connectivity index (χ3n) is 6.43. The van der Waals surface area contributed by atoms with Crippen molar-refractivity contribution in [3.05, 3.63) is 90.6 Å². The predicted octanol–water partition coefficient (Wildman–Crippen LogP) is 4.40. The SMILES string of the molecule is CC(C)(CCn1ccc2cc(OCC(=O)O)ccc21)NCC(O)c1cccc(NS(=O)(=O)c2ccccc2)c1. The van der Waals surface area contributed by atoms with Gasteiger partial charge in [-0.25, -0.2) is 13.2 Å². The van der Waals surface area contributed by atoms with E-state index < -0.39 is 22.1 Å². The molecule has 0 radical (unpaired) electrons. The lowest BCUT2D eigenvalue weighted by atomic mass is 9.99. The van der Waals surface area contributed by atoms with Crippen LogP contribution in [0.3, 0.4) is 0 Å². The van der Waals surface area contributed by atoms with E-state index in [2.05, 4.69) is 28.5 Å². The lowest BCUT2D eigenvalue weighted by Crippen LogP contribution is -2.42. The number of sulfonamides is 1. The molecule has 0 aliphatic rings. The number of hydrogen-bond donors (Lipinski definition) is 4. The van der Waals surface area contributed by atoms with E-state index in [1.807, 2.05) is 24.4 Å². The standard InChI is InChI=1S/C29H33N3O6S/c1-29(2,14-16-32-15-13-21-18-24(11-12-26(21)32)38-20-28(34)35)30-19-27(33)22-7-6-8-23(17-22)31-39(36,37)25-9-4-3-5-10-25/h3-13,15,17-18,27,30-31,33H,14,16,19-20H2,1-2H3,(H,34,35). The Morgan fingerprint density at radius 1 is 1.03 bits per heavy atom. The van der Waals surface area contributed by atoms with Crippen LogP contribution in [0.5, 0.6) is 5.75 Å². The van der Waals surface area contributed by atoms with Gasteiger partial charge in [0.1, 0.15) is 5.75 Å². The fraction of sp³-hybridized carbons (Fsp3) is 0.276. The molecule has 4 rings (SSSR count). The average Bonchev–Trinajstić information content (AvgIpc) is 3.32. The molecule has 206 valence electrons. The zero-order valence-electron chi connectivity index (χ0n) is 21.9. The molecule has 39 heavy (non-hydrogen) atoms. The van der Waals surface area contributed by atoms with E-state index in [0.29, 0.717) is 23.5 Å². The highest BCUT2D eigenvalue weighted by Gasteiger charge is 2.20. The van der Waals surface area contributed by atoms with Gasteiger partial charge in [0.2, 0.25) is 0 Å². The second kappa shape index (κ2) is 11.9. The van der Waals surface area contributed by atoms with Crippen molar-refractivity contribution in [3.8, 4) is 5.75 Å². The number of aliphatic hydroxyl groups excluding tert-OH is 1. The first kappa shape index (κ1) is 28.2. The average molecular weight is 552 g/mol. The summed E-state index contributed by atoms with van der Waals surface area (Å²) in [6, 6.07) is 22.4. The summed E-state index contributed by atoms with van der Waals surface area (Å²) >= 11 is 0. The number of aliphatic carboxylic acids is 1. The zero-order valence-corrected chi connectivity index (χ0v) is 22.7. The van der Waals surface area contributed by atoms with E-state index in [1.165, 1.54) is 12.1 Å². The molecule has 1 atom stereocenters. The lowest BCUT2D eigenvalue weighted by Gasteiger charge is -2.28. The van der Waals surface area contributed by atoms with Gasteiger partial charge in [0.15, 0.2) is 6.61 Å². The number of nitrogens with one attached hydrogen (secondary N) is 2. The van der Waals surface area contributed by atoms with Gasteiger partial charge in [-0.1, -0.05) is 30.3 Å². The Bertz CT molecular complexity index is 1530. The molecule has 0 fully saturated rings. The molecular weight excluding hydrogens is 518 g/mol. The molecule has 0 amide bonds. The van der Waals surface area contributed by atoms with Gasteiger partial charge in [-0.3, -0.25) is 4.72 Å². The third-order valence-corrected chi connectivity index (χ3v) is 7.83. The van der Waals surface area contributed by atoms with Crippen LogP contribution in [0.4, 0.5) is 5.69 Å². The zero-order chi connectivity index (χ0) is 28.0. The van der Waals surface area contributed by atoms with E-state index in [-0.39, 0.29) is 17.0 Å². The van der Waals surface area contributed by atoms with Crippen LogP contribution in [0, 0.1) is 0 Å². The first-order valence-corrected chi connectivity index (χ1v) is 14.1. The minimum Gasteiger partial charge on any atom is -0.482 e. The van der Waals surface area contributed by atoms with Crippen molar-refractivity contribution in [2.24, 2.45) is 0 Å². The smallest absolute Gasteiger partial charge is 0.341 e. The fourth-order valence-corrected chi connectivity index (χ4v) is 5.28. The second-order valence-electron chi connectivity index (χ2n) is 9.99. The number of benzene rings is 3. The summed E-state index contributed by atoms with van der Waals surface area (Å²) in [6.07, 6.45) is 1.93. The Morgan fingerprint density at radius 3 is 2.54 bits per heavy atom. The summed E-state index contributed by atoms with van der Waals surface area (Å²) in [4.78, 5) is 10.9. The number of ether oxygens (including phenoxy) is 1. The molecular formula is C29H33N3O6S. The van der Waals surface area contributed by atoms with Crippen LogP contribution in [-0.4, -0.2) is 47.9 Å². The molecule has 9 nitrogen and oxygen atoms in total. The number of carboxylic acids is 1. The van der Waals surface area contributed by atoms with Gasteiger partial charge in [-0.05, 0) is 74.4 Å². The van der Waals surface area contributed by atoms with E-state index in [4.69, 9.17) is 9.84 Å². The number of aromatic nitrogens is 1. The highest BCUT2D eigenvalue weighted by atomic mass is 32.2. The molecule has 0 saturated heterocycles. The summed E-state index contributed by atoms with van der Waals surface area (Å²) < 4.78 is 35.3. The van der Waals surface area contributed by atoms with Gasteiger partial charge in [-0.2, -0.15) is 0 Å². The minimum atomic E-state index is -3.72. The van der Waals surface area contributed by atoms with Gasteiger partial charge in [0, 0.05) is 41.4 Å². The molecule has 1 aromatic heterocycles. The monoisotopic (exact) mass is 551 g/mol. The summed E-state index contributed by atoms with van der Waals surface area (Å²) in [6.45, 7) is 4.76. The number of carboxylic acid groups (broad SMARTS) is 1. The van der Waals surface area contributed by atoms with Crippen molar-refractivity contribution in [2.45, 2.75) is 43.4 Å². The number of anilines is 1. The van der Waals surface area contributed by atoms with E-state index >= 15 is 0 Å². The third kappa shape index (κ3) is 7.60. The van der Waals surface area contributed by atoms with Gasteiger partial charge in [0.25, 0.3) is 10.0 Å². The topological polar surface area (TPSA) is 130 Å². The Kier molecular flexibility index (Phi) is 8.59. The largest absolute Gasteiger partial charge is 0.482 e. The number of rotatable bonds is 13. The normalized spacial score (nSPS) is 12.8. The molecule has 3 aromatic carbocycles. The van der Waals surface area contributed by atoms with Gasteiger partial charge in [-0.15, -0.1) is 0 Å². The van der Waals surface area contributed by atoms with Crippen molar-refractivity contribution >= 4 is 32.6 Å². The fourth-order valence-electron chi connectivity index (χ4n) is 4.21. The van der Waals surface area contributed by atoms with Crippen LogP contribution in [0.25, 0.3) is 10.9 Å². The van der Waals surface area contributed by atoms with Crippen molar-refractivity contribution in [1.82, 2.24) is 9.88 Å². The molecule has 0 aliphatic carbocycles. The number of β-amino-alcohol motifs (C(OH)–C–C–N with tert-alkyl or cyclic N) is 1. The van der Waals surface area contributed by atoms with Crippen LogP contribution in [0.2, 0.25) is 0 Å². The summed E-state index contributed by atoms with van der Waals surface area (Å²) in [5.41, 5.74) is 1.70. The molecule has 1 heterocycles. The van der Waals surface area contributed by atoms with E-state index in [1.54, 1.807) is 48.5 Å². The lowest BCUT2D eigenvalue weighted by molar-refractivity contribution is -0.139. The van der Waals surface area contributed by atoms with Crippen molar-refractivity contribution < 1.29 is 28.2 Å². The Hall–Kier alpha value is -3.86. The first-order chi connectivity index (χ1) is 18.5. The van der Waals surface area contributed by atoms with Crippen LogP contribution in [0.1, 0.15) is 31.9 Å². The van der Waals surface area contributed by atoms with Gasteiger partial charge in [0.05, 0.1) is 11.0 Å².